The molecule has 6 heteroatoms. The van der Waals surface area contributed by atoms with E-state index < -0.39 is 11.9 Å². The first kappa shape index (κ1) is 12.5. The van der Waals surface area contributed by atoms with E-state index in [1.165, 1.54) is 12.1 Å². The lowest BCUT2D eigenvalue weighted by Crippen LogP contribution is -2.14. The number of carbonyl (C=O) groups is 1. The summed E-state index contributed by atoms with van der Waals surface area (Å²) in [6.45, 7) is 1.80. The fraction of sp³-hybridized carbons (Fsp3) is 0.400. The molecule has 1 aromatic rings. The fourth-order valence-corrected chi connectivity index (χ4v) is 1.09. The predicted octanol–water partition coefficient (Wildman–Crippen LogP) is 2.84. The second kappa shape index (κ2) is 4.96. The largest absolute Gasteiger partial charge is 0.433 e. The Bertz CT molecular complexity index is 377. The summed E-state index contributed by atoms with van der Waals surface area (Å²) in [6, 6.07) is 3.38. The molecule has 0 aromatic carbocycles. The molecule has 1 aromatic heterocycles. The van der Waals surface area contributed by atoms with Gasteiger partial charge in [0.1, 0.15) is 11.5 Å². The van der Waals surface area contributed by atoms with Crippen LogP contribution in [0.2, 0.25) is 0 Å². The van der Waals surface area contributed by atoms with Gasteiger partial charge in [-0.15, -0.1) is 0 Å². The summed E-state index contributed by atoms with van der Waals surface area (Å²) in [6.07, 6.45) is -3.60. The molecular formula is C10H11F3N2O. The molecule has 0 saturated heterocycles. The molecule has 16 heavy (non-hydrogen) atoms. The quantitative estimate of drug-likeness (QED) is 0.870. The summed E-state index contributed by atoms with van der Waals surface area (Å²) in [5, 5.41) is 2.31. The molecule has 0 bridgehead atoms. The van der Waals surface area contributed by atoms with Gasteiger partial charge in [0.25, 0.3) is 0 Å². The van der Waals surface area contributed by atoms with Crippen LogP contribution >= 0.6 is 0 Å². The minimum absolute atomic E-state index is 0.0757. The van der Waals surface area contributed by atoms with Crippen LogP contribution in [0, 0.1) is 0 Å². The molecule has 1 N–H and O–H groups in total. The molecule has 88 valence electrons. The van der Waals surface area contributed by atoms with Gasteiger partial charge in [-0.1, -0.05) is 13.0 Å². The Kier molecular flexibility index (Phi) is 3.87. The van der Waals surface area contributed by atoms with Crippen LogP contribution in [0.1, 0.15) is 25.5 Å². The summed E-state index contributed by atoms with van der Waals surface area (Å²) in [5.74, 6) is -0.414. The molecule has 0 aliphatic carbocycles. The van der Waals surface area contributed by atoms with E-state index in [9.17, 15) is 18.0 Å². The van der Waals surface area contributed by atoms with Crippen molar-refractivity contribution < 1.29 is 18.0 Å². The standard InChI is InChI=1S/C10H11F3N2O/c1-2-4-9(16)15-8-6-3-5-7(14-8)10(11,12)13/h3,5-6H,2,4H2,1H3,(H,14,15,16). The van der Waals surface area contributed by atoms with Gasteiger partial charge in [0.05, 0.1) is 0 Å². The van der Waals surface area contributed by atoms with Crippen molar-refractivity contribution in [1.82, 2.24) is 4.98 Å². The van der Waals surface area contributed by atoms with Crippen molar-refractivity contribution in [3.63, 3.8) is 0 Å². The van der Waals surface area contributed by atoms with E-state index in [1.807, 2.05) is 0 Å². The Hall–Kier alpha value is -1.59. The number of amides is 1. The third kappa shape index (κ3) is 3.52. The van der Waals surface area contributed by atoms with Crippen LogP contribution in [0.5, 0.6) is 0 Å². The summed E-state index contributed by atoms with van der Waals surface area (Å²) < 4.78 is 36.8. The third-order valence-corrected chi connectivity index (χ3v) is 1.78. The minimum Gasteiger partial charge on any atom is -0.311 e. The number of carbonyl (C=O) groups excluding carboxylic acids is 1. The number of pyridine rings is 1. The fourth-order valence-electron chi connectivity index (χ4n) is 1.09. The van der Waals surface area contributed by atoms with Gasteiger partial charge in [-0.2, -0.15) is 13.2 Å². The summed E-state index contributed by atoms with van der Waals surface area (Å²) in [7, 11) is 0. The zero-order valence-corrected chi connectivity index (χ0v) is 8.64. The molecule has 0 fully saturated rings. The highest BCUT2D eigenvalue weighted by Crippen LogP contribution is 2.28. The molecule has 0 aliphatic heterocycles. The van der Waals surface area contributed by atoms with Crippen LogP contribution in [0.15, 0.2) is 18.2 Å². The molecule has 1 heterocycles. The van der Waals surface area contributed by atoms with Crippen molar-refractivity contribution in [2.75, 3.05) is 5.32 Å². The molecule has 0 unspecified atom stereocenters. The van der Waals surface area contributed by atoms with E-state index in [1.54, 1.807) is 6.92 Å². The van der Waals surface area contributed by atoms with Gasteiger partial charge in [0.2, 0.25) is 5.91 Å². The molecule has 0 spiro atoms. The Morgan fingerprint density at radius 3 is 2.69 bits per heavy atom. The second-order valence-corrected chi connectivity index (χ2v) is 3.20. The first-order valence-electron chi connectivity index (χ1n) is 4.77. The number of rotatable bonds is 3. The Morgan fingerprint density at radius 1 is 1.44 bits per heavy atom. The van der Waals surface area contributed by atoms with Crippen LogP contribution in [0.25, 0.3) is 0 Å². The second-order valence-electron chi connectivity index (χ2n) is 3.20. The number of aromatic nitrogens is 1. The van der Waals surface area contributed by atoms with Crippen molar-refractivity contribution in [2.45, 2.75) is 25.9 Å². The maximum Gasteiger partial charge on any atom is 0.433 e. The molecule has 1 rings (SSSR count). The lowest BCUT2D eigenvalue weighted by Gasteiger charge is -2.08. The zero-order valence-electron chi connectivity index (χ0n) is 8.64. The Balaban J connectivity index is 2.79. The Morgan fingerprint density at radius 2 is 2.12 bits per heavy atom. The number of hydrogen-bond donors (Lipinski definition) is 1. The normalized spacial score (nSPS) is 11.2. The van der Waals surface area contributed by atoms with E-state index in [0.29, 0.717) is 6.42 Å². The van der Waals surface area contributed by atoms with Gasteiger partial charge in [-0.25, -0.2) is 4.98 Å². The zero-order chi connectivity index (χ0) is 12.2. The number of nitrogens with zero attached hydrogens (tertiary/aromatic N) is 1. The number of anilines is 1. The van der Waals surface area contributed by atoms with E-state index in [4.69, 9.17) is 0 Å². The molecule has 0 radical (unpaired) electrons. The van der Waals surface area contributed by atoms with Crippen molar-refractivity contribution in [2.24, 2.45) is 0 Å². The lowest BCUT2D eigenvalue weighted by molar-refractivity contribution is -0.141. The molecular weight excluding hydrogens is 221 g/mol. The highest BCUT2D eigenvalue weighted by atomic mass is 19.4. The number of nitrogens with one attached hydrogen (secondary N) is 1. The smallest absolute Gasteiger partial charge is 0.311 e. The van der Waals surface area contributed by atoms with Crippen LogP contribution in [-0.2, 0) is 11.0 Å². The molecule has 0 atom stereocenters. The minimum atomic E-state index is -4.49. The van der Waals surface area contributed by atoms with Gasteiger partial charge in [-0.3, -0.25) is 4.79 Å². The van der Waals surface area contributed by atoms with Gasteiger partial charge in [-0.05, 0) is 18.6 Å². The van der Waals surface area contributed by atoms with Crippen molar-refractivity contribution in [3.8, 4) is 0 Å². The van der Waals surface area contributed by atoms with E-state index in [2.05, 4.69) is 10.3 Å². The van der Waals surface area contributed by atoms with E-state index >= 15 is 0 Å². The molecule has 0 aliphatic rings. The monoisotopic (exact) mass is 232 g/mol. The van der Waals surface area contributed by atoms with Crippen molar-refractivity contribution in [3.05, 3.63) is 23.9 Å². The first-order chi connectivity index (χ1) is 7.43. The first-order valence-corrected chi connectivity index (χ1v) is 4.77. The number of alkyl halides is 3. The van der Waals surface area contributed by atoms with Crippen LogP contribution in [0.4, 0.5) is 19.0 Å². The maximum absolute atomic E-state index is 12.3. The lowest BCUT2D eigenvalue weighted by atomic mass is 10.3. The summed E-state index contributed by atoms with van der Waals surface area (Å²) in [5.41, 5.74) is -1.01. The molecule has 3 nitrogen and oxygen atoms in total. The summed E-state index contributed by atoms with van der Waals surface area (Å²) in [4.78, 5) is 14.5. The van der Waals surface area contributed by atoms with Gasteiger partial charge in [0, 0.05) is 6.42 Å². The van der Waals surface area contributed by atoms with Crippen molar-refractivity contribution in [1.29, 1.82) is 0 Å². The van der Waals surface area contributed by atoms with Crippen molar-refractivity contribution >= 4 is 11.7 Å². The topological polar surface area (TPSA) is 42.0 Å². The van der Waals surface area contributed by atoms with Crippen LogP contribution in [-0.4, -0.2) is 10.9 Å². The van der Waals surface area contributed by atoms with Gasteiger partial charge in [0.15, 0.2) is 0 Å². The predicted molar refractivity (Wildman–Crippen MR) is 52.8 cm³/mol. The summed E-state index contributed by atoms with van der Waals surface area (Å²) >= 11 is 0. The van der Waals surface area contributed by atoms with E-state index in [-0.39, 0.29) is 18.1 Å². The average Bonchev–Trinajstić information content (AvgIpc) is 2.17. The maximum atomic E-state index is 12.3. The van der Waals surface area contributed by atoms with E-state index in [0.717, 1.165) is 6.07 Å². The van der Waals surface area contributed by atoms with Crippen LogP contribution in [0.3, 0.4) is 0 Å². The third-order valence-electron chi connectivity index (χ3n) is 1.78. The molecule has 0 saturated carbocycles. The van der Waals surface area contributed by atoms with Crippen LogP contribution < -0.4 is 5.32 Å². The van der Waals surface area contributed by atoms with Gasteiger partial charge >= 0.3 is 6.18 Å². The Labute approximate surface area is 90.7 Å². The molecule has 1 amide bonds. The highest BCUT2D eigenvalue weighted by molar-refractivity contribution is 5.89. The highest BCUT2D eigenvalue weighted by Gasteiger charge is 2.32. The number of halogens is 3. The average molecular weight is 232 g/mol. The SMILES string of the molecule is CCCC(=O)Nc1cccc(C(F)(F)F)n1. The van der Waals surface area contributed by atoms with Gasteiger partial charge < -0.3 is 5.32 Å². The number of hydrogen-bond acceptors (Lipinski definition) is 2.